The van der Waals surface area contributed by atoms with Crippen LogP contribution in [0, 0.1) is 11.7 Å². The summed E-state index contributed by atoms with van der Waals surface area (Å²) in [7, 11) is 1.46. The highest BCUT2D eigenvalue weighted by atomic mass is 19.1. The Morgan fingerprint density at radius 1 is 1.08 bits per heavy atom. The first-order valence-electron chi connectivity index (χ1n) is 11.4. The average Bonchev–Trinajstić information content (AvgIpc) is 3.36. The average molecular weight is 490 g/mol. The lowest BCUT2D eigenvalue weighted by Crippen LogP contribution is -2.50. The zero-order chi connectivity index (χ0) is 25.1. The van der Waals surface area contributed by atoms with Gasteiger partial charge in [0.2, 0.25) is 0 Å². The topological polar surface area (TPSA) is 111 Å². The lowest BCUT2D eigenvalue weighted by molar-refractivity contribution is -0.274. The van der Waals surface area contributed by atoms with Crippen LogP contribution in [0.4, 0.5) is 10.1 Å². The molecule has 0 atom stereocenters. The number of hydrogen-bond acceptors (Lipinski definition) is 7. The van der Waals surface area contributed by atoms with E-state index < -0.39 is 11.7 Å². The quantitative estimate of drug-likeness (QED) is 0.418. The molecule has 0 saturated carbocycles. The normalized spacial score (nSPS) is 19.6. The van der Waals surface area contributed by atoms with E-state index in [9.17, 15) is 9.18 Å². The number of carbonyl (C=O) groups is 1. The maximum atomic E-state index is 13.7. The standard InChI is InChI=1S/C26H24FN5O4/c1-16-14-35-26(36-15-16,24(33)29-19-6-4-3-5-7-19)23-31-21(17-8-10-18(27)11-9-17)22(32-23)20-12-13-28-25(30-20)34-2/h3-13,16H,14-15H2,1-2H3,(H,29,33)(H,31,32). The molecule has 3 heterocycles. The van der Waals surface area contributed by atoms with Crippen LogP contribution in [0.1, 0.15) is 12.7 Å². The molecule has 2 aromatic heterocycles. The first-order valence-corrected chi connectivity index (χ1v) is 11.4. The van der Waals surface area contributed by atoms with Gasteiger partial charge in [-0.25, -0.2) is 14.4 Å². The SMILES string of the molecule is COc1nccc(-c2[nH]c(C3(C(=O)Nc4ccccc4)OCC(C)CO3)nc2-c2ccc(F)cc2)n1. The van der Waals surface area contributed by atoms with Gasteiger partial charge in [-0.05, 0) is 42.5 Å². The van der Waals surface area contributed by atoms with Crippen LogP contribution in [-0.2, 0) is 20.1 Å². The van der Waals surface area contributed by atoms with Gasteiger partial charge in [0.25, 0.3) is 5.91 Å². The second-order valence-electron chi connectivity index (χ2n) is 8.41. The van der Waals surface area contributed by atoms with E-state index in [4.69, 9.17) is 19.2 Å². The second-order valence-corrected chi connectivity index (χ2v) is 8.41. The minimum atomic E-state index is -1.84. The number of aromatic nitrogens is 4. The van der Waals surface area contributed by atoms with E-state index in [0.717, 1.165) is 0 Å². The Kier molecular flexibility index (Phi) is 6.45. The van der Waals surface area contributed by atoms with E-state index in [1.54, 1.807) is 36.5 Å². The van der Waals surface area contributed by atoms with Crippen LogP contribution < -0.4 is 10.1 Å². The van der Waals surface area contributed by atoms with Crippen LogP contribution in [0.3, 0.4) is 0 Å². The molecular weight excluding hydrogens is 465 g/mol. The number of amides is 1. The number of methoxy groups -OCH3 is 1. The number of aromatic amines is 1. The number of imidazole rings is 1. The molecule has 36 heavy (non-hydrogen) atoms. The van der Waals surface area contributed by atoms with Gasteiger partial charge in [0, 0.05) is 23.4 Å². The van der Waals surface area contributed by atoms with Crippen LogP contribution in [-0.4, -0.2) is 46.2 Å². The monoisotopic (exact) mass is 489 g/mol. The Morgan fingerprint density at radius 3 is 2.50 bits per heavy atom. The fourth-order valence-corrected chi connectivity index (χ4v) is 3.83. The Balaban J connectivity index is 1.64. The van der Waals surface area contributed by atoms with Crippen molar-refractivity contribution >= 4 is 11.6 Å². The van der Waals surface area contributed by atoms with Crippen molar-refractivity contribution < 1.29 is 23.4 Å². The van der Waals surface area contributed by atoms with Crippen molar-refractivity contribution in [2.75, 3.05) is 25.6 Å². The minimum absolute atomic E-state index is 0.0831. The van der Waals surface area contributed by atoms with Crippen LogP contribution in [0.5, 0.6) is 6.01 Å². The van der Waals surface area contributed by atoms with Crippen molar-refractivity contribution in [3.63, 3.8) is 0 Å². The molecule has 0 spiro atoms. The van der Waals surface area contributed by atoms with Crippen LogP contribution in [0.15, 0.2) is 66.9 Å². The summed E-state index contributed by atoms with van der Waals surface area (Å²) >= 11 is 0. The maximum absolute atomic E-state index is 13.7. The van der Waals surface area contributed by atoms with Crippen molar-refractivity contribution in [1.29, 1.82) is 0 Å². The van der Waals surface area contributed by atoms with Crippen molar-refractivity contribution in [3.05, 3.63) is 78.5 Å². The van der Waals surface area contributed by atoms with E-state index in [0.29, 0.717) is 28.3 Å². The summed E-state index contributed by atoms with van der Waals surface area (Å²) in [6.07, 6.45) is 1.54. The number of benzene rings is 2. The van der Waals surface area contributed by atoms with Crippen LogP contribution in [0.2, 0.25) is 0 Å². The molecule has 0 radical (unpaired) electrons. The summed E-state index contributed by atoms with van der Waals surface area (Å²) in [6, 6.07) is 16.7. The van der Waals surface area contributed by atoms with Crippen molar-refractivity contribution in [1.82, 2.24) is 19.9 Å². The number of anilines is 1. The Labute approximate surface area is 206 Å². The van der Waals surface area contributed by atoms with Crippen molar-refractivity contribution in [3.8, 4) is 28.7 Å². The third kappa shape index (κ3) is 4.56. The number of nitrogens with zero attached hydrogens (tertiary/aromatic N) is 3. The van der Waals surface area contributed by atoms with Gasteiger partial charge in [-0.15, -0.1) is 0 Å². The summed E-state index contributed by atoms with van der Waals surface area (Å²) in [5, 5.41) is 2.86. The molecule has 1 saturated heterocycles. The molecule has 2 N–H and O–H groups in total. The second kappa shape index (κ2) is 9.84. The van der Waals surface area contributed by atoms with Crippen LogP contribution in [0.25, 0.3) is 22.6 Å². The molecule has 1 amide bonds. The summed E-state index contributed by atoms with van der Waals surface area (Å²) in [4.78, 5) is 30.0. The fourth-order valence-electron chi connectivity index (χ4n) is 3.83. The Hall–Kier alpha value is -4.15. The summed E-state index contributed by atoms with van der Waals surface area (Å²) < 4.78 is 31.0. The van der Waals surface area contributed by atoms with Gasteiger partial charge in [0.15, 0.2) is 5.82 Å². The molecule has 4 aromatic rings. The molecule has 9 nitrogen and oxygen atoms in total. The zero-order valence-electron chi connectivity index (χ0n) is 19.7. The van der Waals surface area contributed by atoms with Gasteiger partial charge in [-0.1, -0.05) is 25.1 Å². The van der Waals surface area contributed by atoms with Gasteiger partial charge in [-0.3, -0.25) is 4.79 Å². The van der Waals surface area contributed by atoms with Gasteiger partial charge < -0.3 is 24.5 Å². The summed E-state index contributed by atoms with van der Waals surface area (Å²) in [5.41, 5.74) is 2.55. The Bertz CT molecular complexity index is 1350. The molecule has 2 aromatic carbocycles. The lowest BCUT2D eigenvalue weighted by atomic mass is 10.1. The van der Waals surface area contributed by atoms with Crippen LogP contribution >= 0.6 is 0 Å². The van der Waals surface area contributed by atoms with E-state index in [2.05, 4.69) is 20.3 Å². The highest BCUT2D eigenvalue weighted by Gasteiger charge is 2.49. The number of para-hydroxylation sites is 1. The molecule has 0 unspecified atom stereocenters. The Morgan fingerprint density at radius 2 is 1.81 bits per heavy atom. The number of ether oxygens (including phenoxy) is 3. The molecular formula is C26H24FN5O4. The predicted molar refractivity (Wildman–Crippen MR) is 129 cm³/mol. The first-order chi connectivity index (χ1) is 17.5. The highest BCUT2D eigenvalue weighted by Crippen LogP contribution is 2.37. The summed E-state index contributed by atoms with van der Waals surface area (Å²) in [6.45, 7) is 2.53. The molecule has 184 valence electrons. The predicted octanol–water partition coefficient (Wildman–Crippen LogP) is 4.16. The number of hydrogen-bond donors (Lipinski definition) is 2. The third-order valence-electron chi connectivity index (χ3n) is 5.68. The number of H-pyrrole nitrogens is 1. The molecule has 0 bridgehead atoms. The largest absolute Gasteiger partial charge is 0.467 e. The van der Waals surface area contributed by atoms with E-state index in [1.165, 1.54) is 19.2 Å². The first kappa shape index (κ1) is 23.6. The number of halogens is 1. The number of nitrogens with one attached hydrogen (secondary N) is 2. The minimum Gasteiger partial charge on any atom is -0.467 e. The van der Waals surface area contributed by atoms with Gasteiger partial charge in [0.05, 0.1) is 37.4 Å². The van der Waals surface area contributed by atoms with E-state index >= 15 is 0 Å². The zero-order valence-corrected chi connectivity index (χ0v) is 19.7. The lowest BCUT2D eigenvalue weighted by Gasteiger charge is -2.36. The van der Waals surface area contributed by atoms with Gasteiger partial charge >= 0.3 is 11.8 Å². The van der Waals surface area contributed by atoms with Crippen molar-refractivity contribution in [2.45, 2.75) is 12.7 Å². The highest BCUT2D eigenvalue weighted by molar-refractivity contribution is 5.97. The van der Waals surface area contributed by atoms with E-state index in [1.807, 2.05) is 25.1 Å². The van der Waals surface area contributed by atoms with Gasteiger partial charge in [0.1, 0.15) is 5.82 Å². The molecule has 1 aliphatic rings. The molecule has 5 rings (SSSR count). The smallest absolute Gasteiger partial charge is 0.316 e. The number of rotatable bonds is 6. The molecule has 10 heteroatoms. The third-order valence-corrected chi connectivity index (χ3v) is 5.68. The van der Waals surface area contributed by atoms with Crippen molar-refractivity contribution in [2.24, 2.45) is 5.92 Å². The van der Waals surface area contributed by atoms with Gasteiger partial charge in [-0.2, -0.15) is 4.98 Å². The maximum Gasteiger partial charge on any atom is 0.316 e. The molecule has 1 aliphatic heterocycles. The summed E-state index contributed by atoms with van der Waals surface area (Å²) in [5.74, 6) is -2.54. The molecule has 1 fully saturated rings. The fraction of sp³-hybridized carbons (Fsp3) is 0.231. The molecule has 0 aliphatic carbocycles. The number of carbonyl (C=O) groups excluding carboxylic acids is 1. The van der Waals surface area contributed by atoms with E-state index in [-0.39, 0.29) is 36.8 Å².